The van der Waals surface area contributed by atoms with Crippen LogP contribution in [-0.2, 0) is 0 Å². The predicted molar refractivity (Wildman–Crippen MR) is 75.0 cm³/mol. The van der Waals surface area contributed by atoms with Crippen LogP contribution < -0.4 is 5.32 Å². The van der Waals surface area contributed by atoms with Crippen molar-refractivity contribution in [2.45, 2.75) is 18.4 Å². The maximum Gasteiger partial charge on any atom is 0.253 e. The molecule has 1 saturated carbocycles. The van der Waals surface area contributed by atoms with Crippen molar-refractivity contribution in [3.05, 3.63) is 33.4 Å². The van der Waals surface area contributed by atoms with E-state index < -0.39 is 0 Å². The lowest BCUT2D eigenvalue weighted by Gasteiger charge is -2.34. The smallest absolute Gasteiger partial charge is 0.253 e. The lowest BCUT2D eigenvalue weighted by Crippen LogP contribution is -2.54. The van der Waals surface area contributed by atoms with E-state index in [1.807, 2.05) is 29.2 Å². The second kappa shape index (κ2) is 4.24. The largest absolute Gasteiger partial charge is 0.336 e. The van der Waals surface area contributed by atoms with Crippen LogP contribution in [0.2, 0.25) is 0 Å². The molecule has 17 heavy (non-hydrogen) atoms. The summed E-state index contributed by atoms with van der Waals surface area (Å²) in [5.41, 5.74) is 1.07. The molecular weight excluding hydrogens is 327 g/mol. The van der Waals surface area contributed by atoms with E-state index in [4.69, 9.17) is 0 Å². The lowest BCUT2D eigenvalue weighted by atomic mass is 10.1. The van der Waals surface area contributed by atoms with Crippen molar-refractivity contribution in [3.8, 4) is 0 Å². The van der Waals surface area contributed by atoms with Gasteiger partial charge in [-0.2, -0.15) is 0 Å². The third-order valence-electron chi connectivity index (χ3n) is 3.61. The molecule has 4 heteroatoms. The van der Waals surface area contributed by atoms with Gasteiger partial charge in [-0.15, -0.1) is 0 Å². The van der Waals surface area contributed by atoms with E-state index in [1.165, 1.54) is 12.8 Å². The minimum atomic E-state index is 0.175. The fourth-order valence-corrected chi connectivity index (χ4v) is 2.75. The molecule has 2 aliphatic rings. The molecule has 1 heterocycles. The SMILES string of the molecule is O=C(c1ccc(I)cc1)N1CCNC2(CC2)C1. The number of piperazine rings is 1. The van der Waals surface area contributed by atoms with E-state index in [0.717, 1.165) is 28.8 Å². The molecule has 0 radical (unpaired) electrons. The standard InChI is InChI=1S/C13H15IN2O/c14-11-3-1-10(2-4-11)12(17)16-8-7-15-13(9-16)5-6-13/h1-4,15H,5-9H2. The average Bonchev–Trinajstić information content (AvgIpc) is 3.08. The summed E-state index contributed by atoms with van der Waals surface area (Å²) in [4.78, 5) is 14.3. The quantitative estimate of drug-likeness (QED) is 0.791. The van der Waals surface area contributed by atoms with E-state index in [9.17, 15) is 4.79 Å². The number of nitrogens with zero attached hydrogens (tertiary/aromatic N) is 1. The van der Waals surface area contributed by atoms with Crippen LogP contribution in [0.15, 0.2) is 24.3 Å². The van der Waals surface area contributed by atoms with Gasteiger partial charge in [-0.1, -0.05) is 0 Å². The Morgan fingerprint density at radius 3 is 2.65 bits per heavy atom. The van der Waals surface area contributed by atoms with Gasteiger partial charge in [0.2, 0.25) is 0 Å². The van der Waals surface area contributed by atoms with E-state index >= 15 is 0 Å². The number of carbonyl (C=O) groups is 1. The summed E-state index contributed by atoms with van der Waals surface area (Å²) in [7, 11) is 0. The third kappa shape index (κ3) is 2.33. The van der Waals surface area contributed by atoms with Gasteiger partial charge < -0.3 is 10.2 Å². The molecular formula is C13H15IN2O. The number of nitrogens with one attached hydrogen (secondary N) is 1. The number of amides is 1. The number of rotatable bonds is 1. The van der Waals surface area contributed by atoms with Gasteiger partial charge in [-0.05, 0) is 59.7 Å². The zero-order chi connectivity index (χ0) is 11.9. The second-order valence-electron chi connectivity index (χ2n) is 4.94. The molecule has 1 spiro atoms. The number of carbonyl (C=O) groups excluding carboxylic acids is 1. The first kappa shape index (κ1) is 11.5. The summed E-state index contributed by atoms with van der Waals surface area (Å²) in [5.74, 6) is 0.175. The number of halogens is 1. The fourth-order valence-electron chi connectivity index (χ4n) is 2.39. The van der Waals surface area contributed by atoms with Crippen LogP contribution in [0.5, 0.6) is 0 Å². The minimum absolute atomic E-state index is 0.175. The van der Waals surface area contributed by atoms with Gasteiger partial charge in [0.15, 0.2) is 0 Å². The van der Waals surface area contributed by atoms with Crippen molar-refractivity contribution in [2.24, 2.45) is 0 Å². The molecule has 3 nitrogen and oxygen atoms in total. The van der Waals surface area contributed by atoms with Crippen molar-refractivity contribution >= 4 is 28.5 Å². The Balaban J connectivity index is 1.75. The Hall–Kier alpha value is -0.620. The van der Waals surface area contributed by atoms with Gasteiger partial charge in [0.25, 0.3) is 5.91 Å². The summed E-state index contributed by atoms with van der Waals surface area (Å²) < 4.78 is 1.16. The Morgan fingerprint density at radius 2 is 2.00 bits per heavy atom. The number of benzene rings is 1. The molecule has 90 valence electrons. The monoisotopic (exact) mass is 342 g/mol. The maximum absolute atomic E-state index is 12.3. The highest BCUT2D eigenvalue weighted by molar-refractivity contribution is 14.1. The Bertz CT molecular complexity index is 439. The Labute approximate surface area is 115 Å². The normalized spacial score (nSPS) is 21.6. The molecule has 1 aromatic rings. The van der Waals surface area contributed by atoms with E-state index in [1.54, 1.807) is 0 Å². The molecule has 1 aliphatic carbocycles. The van der Waals surface area contributed by atoms with Crippen LogP contribution in [0.4, 0.5) is 0 Å². The fraction of sp³-hybridized carbons (Fsp3) is 0.462. The lowest BCUT2D eigenvalue weighted by molar-refractivity contribution is 0.0691. The van der Waals surface area contributed by atoms with E-state index in [0.29, 0.717) is 0 Å². The highest BCUT2D eigenvalue weighted by Gasteiger charge is 2.46. The third-order valence-corrected chi connectivity index (χ3v) is 4.33. The molecule has 0 aromatic heterocycles. The zero-order valence-electron chi connectivity index (χ0n) is 9.58. The summed E-state index contributed by atoms with van der Waals surface area (Å²) in [6, 6.07) is 7.82. The minimum Gasteiger partial charge on any atom is -0.336 e. The Kier molecular flexibility index (Phi) is 2.86. The molecule has 1 saturated heterocycles. The summed E-state index contributed by atoms with van der Waals surface area (Å²) >= 11 is 2.25. The first-order valence-corrected chi connectivity index (χ1v) is 7.06. The second-order valence-corrected chi connectivity index (χ2v) is 6.19. The van der Waals surface area contributed by atoms with Crippen LogP contribution in [-0.4, -0.2) is 36.0 Å². The maximum atomic E-state index is 12.3. The molecule has 3 rings (SSSR count). The topological polar surface area (TPSA) is 32.3 Å². The van der Waals surface area contributed by atoms with Crippen molar-refractivity contribution in [3.63, 3.8) is 0 Å². The zero-order valence-corrected chi connectivity index (χ0v) is 11.7. The van der Waals surface area contributed by atoms with Crippen LogP contribution in [0, 0.1) is 3.57 Å². The van der Waals surface area contributed by atoms with Crippen LogP contribution >= 0.6 is 22.6 Å². The van der Waals surface area contributed by atoms with E-state index in [2.05, 4.69) is 27.9 Å². The van der Waals surface area contributed by atoms with Crippen LogP contribution in [0.3, 0.4) is 0 Å². The number of hydrogen-bond donors (Lipinski definition) is 1. The highest BCUT2D eigenvalue weighted by Crippen LogP contribution is 2.37. The van der Waals surface area contributed by atoms with Crippen molar-refractivity contribution < 1.29 is 4.79 Å². The predicted octanol–water partition coefficient (Wildman–Crippen LogP) is 1.87. The van der Waals surface area contributed by atoms with Gasteiger partial charge in [0.05, 0.1) is 0 Å². The first-order chi connectivity index (χ1) is 8.19. The molecule has 1 aromatic carbocycles. The molecule has 2 fully saturated rings. The Morgan fingerprint density at radius 1 is 1.29 bits per heavy atom. The van der Waals surface area contributed by atoms with Crippen molar-refractivity contribution in [1.82, 2.24) is 10.2 Å². The van der Waals surface area contributed by atoms with Crippen LogP contribution in [0.25, 0.3) is 0 Å². The van der Waals surface area contributed by atoms with E-state index in [-0.39, 0.29) is 11.4 Å². The van der Waals surface area contributed by atoms with Gasteiger partial charge in [-0.25, -0.2) is 0 Å². The molecule has 0 atom stereocenters. The highest BCUT2D eigenvalue weighted by atomic mass is 127. The molecule has 1 amide bonds. The molecule has 1 aliphatic heterocycles. The van der Waals surface area contributed by atoms with Gasteiger partial charge in [0, 0.05) is 34.3 Å². The summed E-state index contributed by atoms with van der Waals surface area (Å²) in [6.07, 6.45) is 2.42. The van der Waals surface area contributed by atoms with Crippen molar-refractivity contribution in [1.29, 1.82) is 0 Å². The summed E-state index contributed by atoms with van der Waals surface area (Å²) in [5, 5.41) is 3.52. The van der Waals surface area contributed by atoms with Gasteiger partial charge >= 0.3 is 0 Å². The van der Waals surface area contributed by atoms with Gasteiger partial charge in [0.1, 0.15) is 0 Å². The average molecular weight is 342 g/mol. The van der Waals surface area contributed by atoms with Crippen molar-refractivity contribution in [2.75, 3.05) is 19.6 Å². The van der Waals surface area contributed by atoms with Gasteiger partial charge in [-0.3, -0.25) is 4.79 Å². The number of hydrogen-bond acceptors (Lipinski definition) is 2. The molecule has 0 bridgehead atoms. The molecule has 0 unspecified atom stereocenters. The van der Waals surface area contributed by atoms with Crippen LogP contribution in [0.1, 0.15) is 23.2 Å². The first-order valence-electron chi connectivity index (χ1n) is 5.98. The molecule has 1 N–H and O–H groups in total. The summed E-state index contributed by atoms with van der Waals surface area (Å²) in [6.45, 7) is 2.63.